The zero-order valence-corrected chi connectivity index (χ0v) is 20.6. The van der Waals surface area contributed by atoms with Crippen LogP contribution in [0.15, 0.2) is 83.8 Å². The summed E-state index contributed by atoms with van der Waals surface area (Å²) in [7, 11) is 1.57. The van der Waals surface area contributed by atoms with E-state index >= 15 is 0 Å². The molecule has 0 aromatic heterocycles. The van der Waals surface area contributed by atoms with Crippen molar-refractivity contribution in [2.75, 3.05) is 12.8 Å². The van der Waals surface area contributed by atoms with Gasteiger partial charge in [0.1, 0.15) is 11.9 Å². The molecule has 0 heterocycles. The Balaban J connectivity index is 1.73. The number of carbonyl (C=O) groups excluding carboxylic acids is 2. The number of nitrogens with one attached hydrogen (secondary N) is 1. The van der Waals surface area contributed by atoms with Gasteiger partial charge >= 0.3 is 0 Å². The van der Waals surface area contributed by atoms with Crippen LogP contribution in [0, 0.1) is 5.82 Å². The van der Waals surface area contributed by atoms with E-state index in [1.54, 1.807) is 35.8 Å². The maximum Gasteiger partial charge on any atom is 0.242 e. The molecule has 3 rings (SSSR count). The zero-order chi connectivity index (χ0) is 24.3. The van der Waals surface area contributed by atoms with E-state index in [4.69, 9.17) is 11.6 Å². The van der Waals surface area contributed by atoms with E-state index in [0.29, 0.717) is 24.3 Å². The van der Waals surface area contributed by atoms with Crippen LogP contribution >= 0.6 is 23.4 Å². The molecule has 0 saturated carbocycles. The third-order valence-corrected chi connectivity index (χ3v) is 6.75. The number of rotatable bonds is 11. The molecule has 7 heteroatoms. The molecule has 1 atom stereocenters. The number of benzene rings is 3. The minimum Gasteiger partial charge on any atom is -0.357 e. The molecule has 0 aliphatic rings. The van der Waals surface area contributed by atoms with Crippen molar-refractivity contribution in [1.29, 1.82) is 0 Å². The van der Waals surface area contributed by atoms with E-state index in [1.165, 1.54) is 12.1 Å². The highest BCUT2D eigenvalue weighted by molar-refractivity contribution is 7.99. The van der Waals surface area contributed by atoms with Crippen LogP contribution in [0.4, 0.5) is 4.39 Å². The molecular formula is C27H28ClFN2O2S. The Morgan fingerprint density at radius 3 is 2.29 bits per heavy atom. The number of amides is 2. The second kappa shape index (κ2) is 13.2. The molecule has 0 fully saturated rings. The van der Waals surface area contributed by atoms with Gasteiger partial charge in [0.15, 0.2) is 0 Å². The van der Waals surface area contributed by atoms with Crippen molar-refractivity contribution in [1.82, 2.24) is 10.2 Å². The van der Waals surface area contributed by atoms with Crippen molar-refractivity contribution in [3.05, 3.63) is 101 Å². The number of nitrogens with zero attached hydrogens (tertiary/aromatic N) is 1. The zero-order valence-electron chi connectivity index (χ0n) is 19.0. The van der Waals surface area contributed by atoms with Crippen LogP contribution in [0.5, 0.6) is 0 Å². The highest BCUT2D eigenvalue weighted by atomic mass is 35.5. The van der Waals surface area contributed by atoms with Gasteiger partial charge in [-0.1, -0.05) is 54.1 Å². The largest absolute Gasteiger partial charge is 0.357 e. The Bertz CT molecular complexity index is 1060. The minimum atomic E-state index is -0.672. The summed E-state index contributed by atoms with van der Waals surface area (Å²) in [4.78, 5) is 28.9. The summed E-state index contributed by atoms with van der Waals surface area (Å²) in [6, 6.07) is 22.6. The molecule has 3 aromatic rings. The van der Waals surface area contributed by atoms with Crippen molar-refractivity contribution in [2.24, 2.45) is 0 Å². The molecule has 4 nitrogen and oxygen atoms in total. The number of hydrogen-bond acceptors (Lipinski definition) is 3. The first-order valence-corrected chi connectivity index (χ1v) is 12.5. The molecule has 0 spiro atoms. The van der Waals surface area contributed by atoms with Gasteiger partial charge in [-0.15, -0.1) is 11.8 Å². The summed E-state index contributed by atoms with van der Waals surface area (Å²) in [6.07, 6.45) is 1.37. The molecule has 178 valence electrons. The Kier molecular flexibility index (Phi) is 9.98. The predicted octanol–water partition coefficient (Wildman–Crippen LogP) is 5.74. The van der Waals surface area contributed by atoms with Crippen molar-refractivity contribution < 1.29 is 14.0 Å². The first-order chi connectivity index (χ1) is 16.5. The summed E-state index contributed by atoms with van der Waals surface area (Å²) in [6.45, 7) is 0.231. The van der Waals surface area contributed by atoms with E-state index in [0.717, 1.165) is 21.8 Å². The van der Waals surface area contributed by atoms with Gasteiger partial charge in [-0.2, -0.15) is 0 Å². The summed E-state index contributed by atoms with van der Waals surface area (Å²) in [5.41, 5.74) is 1.73. The normalized spacial score (nSPS) is 11.6. The lowest BCUT2D eigenvalue weighted by Gasteiger charge is -2.31. The van der Waals surface area contributed by atoms with Crippen LogP contribution in [0.1, 0.15) is 24.0 Å². The minimum absolute atomic E-state index is 0.106. The predicted molar refractivity (Wildman–Crippen MR) is 136 cm³/mol. The number of thioether (sulfide) groups is 1. The van der Waals surface area contributed by atoms with Crippen LogP contribution < -0.4 is 5.32 Å². The van der Waals surface area contributed by atoms with E-state index in [-0.39, 0.29) is 24.2 Å². The molecule has 1 N–H and O–H groups in total. The van der Waals surface area contributed by atoms with Gasteiger partial charge in [-0.3, -0.25) is 9.59 Å². The molecular weight excluding hydrogens is 471 g/mol. The third kappa shape index (κ3) is 7.89. The second-order valence-electron chi connectivity index (χ2n) is 7.87. The molecule has 0 unspecified atom stereocenters. The molecule has 0 aliphatic heterocycles. The molecule has 2 amide bonds. The van der Waals surface area contributed by atoms with Gasteiger partial charge in [-0.05, 0) is 59.7 Å². The summed E-state index contributed by atoms with van der Waals surface area (Å²) >= 11 is 7.60. The van der Waals surface area contributed by atoms with Gasteiger partial charge in [-0.25, -0.2) is 4.39 Å². The standard InChI is InChI=1S/C27H28ClFN2O2S/c1-30-27(33)25(18-20-6-3-2-4-7-20)31(19-21-9-13-23(29)14-10-21)26(32)8-5-17-34-24-15-11-22(28)12-16-24/h2-4,6-7,9-16,25H,5,8,17-19H2,1H3,(H,30,33)/t25-/m1/s1. The molecule has 0 bridgehead atoms. The van der Waals surface area contributed by atoms with Gasteiger partial charge in [0.05, 0.1) is 0 Å². The summed E-state index contributed by atoms with van der Waals surface area (Å²) in [5, 5.41) is 3.39. The highest BCUT2D eigenvalue weighted by Gasteiger charge is 2.29. The van der Waals surface area contributed by atoms with E-state index < -0.39 is 6.04 Å². The SMILES string of the molecule is CNC(=O)[C@@H](Cc1ccccc1)N(Cc1ccc(F)cc1)C(=O)CCCSc1ccc(Cl)cc1. The number of halogens is 2. The second-order valence-corrected chi connectivity index (χ2v) is 9.48. The fraction of sp³-hybridized carbons (Fsp3) is 0.259. The first kappa shape index (κ1) is 25.8. The van der Waals surface area contributed by atoms with Gasteiger partial charge < -0.3 is 10.2 Å². The lowest BCUT2D eigenvalue weighted by Crippen LogP contribution is -2.49. The highest BCUT2D eigenvalue weighted by Crippen LogP contribution is 2.22. The van der Waals surface area contributed by atoms with Crippen LogP contribution in [0.3, 0.4) is 0 Å². The lowest BCUT2D eigenvalue weighted by atomic mass is 10.0. The summed E-state index contributed by atoms with van der Waals surface area (Å²) in [5.74, 6) is 0.0922. The molecule has 0 radical (unpaired) electrons. The van der Waals surface area contributed by atoms with Gasteiger partial charge in [0, 0.05) is 36.4 Å². The Hall–Kier alpha value is -2.83. The summed E-state index contributed by atoms with van der Waals surface area (Å²) < 4.78 is 13.4. The number of hydrogen-bond donors (Lipinski definition) is 1. The molecule has 34 heavy (non-hydrogen) atoms. The van der Waals surface area contributed by atoms with Gasteiger partial charge in [0.25, 0.3) is 0 Å². The Labute approximate surface area is 209 Å². The molecule has 0 aliphatic carbocycles. The fourth-order valence-electron chi connectivity index (χ4n) is 3.59. The van der Waals surface area contributed by atoms with Crippen molar-refractivity contribution in [3.8, 4) is 0 Å². The maximum atomic E-state index is 13.4. The van der Waals surface area contributed by atoms with Crippen LogP contribution in [-0.2, 0) is 22.6 Å². The van der Waals surface area contributed by atoms with Crippen LogP contribution in [0.25, 0.3) is 0 Å². The van der Waals surface area contributed by atoms with E-state index in [1.807, 2.05) is 54.6 Å². The van der Waals surface area contributed by atoms with E-state index in [9.17, 15) is 14.0 Å². The quantitative estimate of drug-likeness (QED) is 0.271. The Morgan fingerprint density at radius 2 is 1.65 bits per heavy atom. The average Bonchev–Trinajstić information content (AvgIpc) is 2.86. The molecule has 3 aromatic carbocycles. The van der Waals surface area contributed by atoms with Crippen LogP contribution in [-0.4, -0.2) is 35.6 Å². The lowest BCUT2D eigenvalue weighted by molar-refractivity contribution is -0.141. The smallest absolute Gasteiger partial charge is 0.242 e. The third-order valence-electron chi connectivity index (χ3n) is 5.40. The van der Waals surface area contributed by atoms with Crippen molar-refractivity contribution in [2.45, 2.75) is 36.7 Å². The van der Waals surface area contributed by atoms with E-state index in [2.05, 4.69) is 5.32 Å². The first-order valence-electron chi connectivity index (χ1n) is 11.1. The number of carbonyl (C=O) groups is 2. The average molecular weight is 499 g/mol. The van der Waals surface area contributed by atoms with Gasteiger partial charge in [0.2, 0.25) is 11.8 Å². The van der Waals surface area contributed by atoms with Crippen molar-refractivity contribution >= 4 is 35.2 Å². The number of likely N-dealkylation sites (N-methyl/N-ethyl adjacent to an activating group) is 1. The topological polar surface area (TPSA) is 49.4 Å². The monoisotopic (exact) mass is 498 g/mol. The van der Waals surface area contributed by atoms with Crippen molar-refractivity contribution in [3.63, 3.8) is 0 Å². The maximum absolute atomic E-state index is 13.4. The fourth-order valence-corrected chi connectivity index (χ4v) is 4.57. The molecule has 0 saturated heterocycles. The Morgan fingerprint density at radius 1 is 0.971 bits per heavy atom. The van der Waals surface area contributed by atoms with Crippen LogP contribution in [0.2, 0.25) is 5.02 Å².